The van der Waals surface area contributed by atoms with E-state index in [1.165, 1.54) is 0 Å². The first-order valence-electron chi connectivity index (χ1n) is 2.86. The minimum absolute atomic E-state index is 0.222. The van der Waals surface area contributed by atoms with Crippen molar-refractivity contribution >= 4 is 23.2 Å². The SMILES string of the molecule is CC(Cl)Cl.CC1(C)CO1. The average molecular weight is 171 g/mol. The smallest absolute Gasteiger partial charge is 0.105 e. The van der Waals surface area contributed by atoms with Gasteiger partial charge in [-0.2, -0.15) is 0 Å². The van der Waals surface area contributed by atoms with E-state index in [0.29, 0.717) is 0 Å². The van der Waals surface area contributed by atoms with Crippen molar-refractivity contribution in [1.29, 1.82) is 0 Å². The van der Waals surface area contributed by atoms with Gasteiger partial charge in [0.05, 0.1) is 12.2 Å². The first-order valence-corrected chi connectivity index (χ1v) is 3.73. The Morgan fingerprint density at radius 3 is 1.56 bits per heavy atom. The van der Waals surface area contributed by atoms with Crippen LogP contribution in [0.5, 0.6) is 0 Å². The van der Waals surface area contributed by atoms with Gasteiger partial charge in [-0.1, -0.05) is 0 Å². The van der Waals surface area contributed by atoms with Crippen LogP contribution in [0, 0.1) is 0 Å². The van der Waals surface area contributed by atoms with Gasteiger partial charge in [0.25, 0.3) is 0 Å². The Hall–Kier alpha value is 0.540. The van der Waals surface area contributed by atoms with Crippen molar-refractivity contribution in [2.75, 3.05) is 6.61 Å². The van der Waals surface area contributed by atoms with Gasteiger partial charge in [0, 0.05) is 0 Å². The van der Waals surface area contributed by atoms with Crippen molar-refractivity contribution in [3.63, 3.8) is 0 Å². The highest BCUT2D eigenvalue weighted by atomic mass is 35.5. The van der Waals surface area contributed by atoms with Crippen molar-refractivity contribution in [3.8, 4) is 0 Å². The number of hydrogen-bond acceptors (Lipinski definition) is 1. The molecule has 0 saturated carbocycles. The normalized spacial score (nSPS) is 20.7. The van der Waals surface area contributed by atoms with Gasteiger partial charge in [-0.05, 0) is 20.8 Å². The molecule has 0 unspecified atom stereocenters. The van der Waals surface area contributed by atoms with E-state index < -0.39 is 0 Å². The molecule has 1 heterocycles. The minimum Gasteiger partial charge on any atom is -0.370 e. The fourth-order valence-corrected chi connectivity index (χ4v) is 0.144. The van der Waals surface area contributed by atoms with Crippen molar-refractivity contribution < 1.29 is 4.74 Å². The lowest BCUT2D eigenvalue weighted by Crippen LogP contribution is -1.90. The summed E-state index contributed by atoms with van der Waals surface area (Å²) >= 11 is 10.1. The molecule has 0 aromatic rings. The number of alkyl halides is 2. The maximum absolute atomic E-state index is 5.04. The predicted octanol–water partition coefficient (Wildman–Crippen LogP) is 2.61. The van der Waals surface area contributed by atoms with Gasteiger partial charge in [-0.25, -0.2) is 0 Å². The highest BCUT2D eigenvalue weighted by Gasteiger charge is 2.32. The molecule has 1 saturated heterocycles. The maximum atomic E-state index is 5.04. The second-order valence-electron chi connectivity index (χ2n) is 2.57. The number of halogens is 2. The molecule has 1 fully saturated rings. The predicted molar refractivity (Wildman–Crippen MR) is 41.2 cm³/mol. The lowest BCUT2D eigenvalue weighted by atomic mass is 10.3. The van der Waals surface area contributed by atoms with Crippen LogP contribution >= 0.6 is 23.2 Å². The summed E-state index contributed by atoms with van der Waals surface area (Å²) in [5.74, 6) is 0. The fraction of sp³-hybridized carbons (Fsp3) is 1.00. The zero-order chi connectivity index (χ0) is 7.49. The van der Waals surface area contributed by atoms with Crippen molar-refractivity contribution in [3.05, 3.63) is 0 Å². The molecule has 9 heavy (non-hydrogen) atoms. The Morgan fingerprint density at radius 1 is 1.44 bits per heavy atom. The fourth-order valence-electron chi connectivity index (χ4n) is 0.144. The van der Waals surface area contributed by atoms with E-state index in [0.717, 1.165) is 6.61 Å². The van der Waals surface area contributed by atoms with Gasteiger partial charge >= 0.3 is 0 Å². The van der Waals surface area contributed by atoms with E-state index in [4.69, 9.17) is 27.9 Å². The Kier molecular flexibility index (Phi) is 3.86. The summed E-state index contributed by atoms with van der Waals surface area (Å²) in [6.07, 6.45) is 0. The lowest BCUT2D eigenvalue weighted by molar-refractivity contribution is 0.344. The molecule has 1 nitrogen and oxygen atoms in total. The standard InChI is InChI=1S/C4H8O.C2H4Cl2/c1-4(2)3-5-4;1-2(3)4/h3H2,1-2H3;2H,1H3. The van der Waals surface area contributed by atoms with Crippen LogP contribution in [0.25, 0.3) is 0 Å². The van der Waals surface area contributed by atoms with Crippen LogP contribution in [0.1, 0.15) is 20.8 Å². The molecule has 1 aliphatic heterocycles. The molecule has 0 aliphatic carbocycles. The van der Waals surface area contributed by atoms with Gasteiger partial charge in [-0.15, -0.1) is 23.2 Å². The first kappa shape index (κ1) is 9.54. The van der Waals surface area contributed by atoms with Gasteiger partial charge in [0.2, 0.25) is 0 Å². The zero-order valence-electron chi connectivity index (χ0n) is 5.95. The molecule has 0 aromatic carbocycles. The third-order valence-electron chi connectivity index (χ3n) is 0.722. The Balaban J connectivity index is 0.000000148. The molecule has 0 aromatic heterocycles. The quantitative estimate of drug-likeness (QED) is 0.403. The summed E-state index contributed by atoms with van der Waals surface area (Å²) < 4.78 is 4.90. The number of rotatable bonds is 0. The highest BCUT2D eigenvalue weighted by Crippen LogP contribution is 2.23. The minimum atomic E-state index is -0.222. The van der Waals surface area contributed by atoms with Crippen molar-refractivity contribution in [2.45, 2.75) is 31.2 Å². The largest absolute Gasteiger partial charge is 0.370 e. The summed E-state index contributed by atoms with van der Waals surface area (Å²) in [6.45, 7) is 6.80. The summed E-state index contributed by atoms with van der Waals surface area (Å²) in [6, 6.07) is 0. The molecule has 1 rings (SSSR count). The van der Waals surface area contributed by atoms with Gasteiger partial charge < -0.3 is 4.74 Å². The second kappa shape index (κ2) is 3.65. The van der Waals surface area contributed by atoms with Crippen LogP contribution in [0.2, 0.25) is 0 Å². The summed E-state index contributed by atoms with van der Waals surface area (Å²) in [7, 11) is 0. The molecule has 0 bridgehead atoms. The maximum Gasteiger partial charge on any atom is 0.105 e. The van der Waals surface area contributed by atoms with E-state index in [-0.39, 0.29) is 10.4 Å². The van der Waals surface area contributed by atoms with Crippen LogP contribution in [0.3, 0.4) is 0 Å². The van der Waals surface area contributed by atoms with E-state index in [1.54, 1.807) is 6.92 Å². The van der Waals surface area contributed by atoms with Crippen molar-refractivity contribution in [1.82, 2.24) is 0 Å². The molecule has 0 atom stereocenters. The van der Waals surface area contributed by atoms with E-state index in [9.17, 15) is 0 Å². The third kappa shape index (κ3) is 11.9. The molecular formula is C6H12Cl2O. The van der Waals surface area contributed by atoms with Crippen LogP contribution in [0.15, 0.2) is 0 Å². The third-order valence-corrected chi connectivity index (χ3v) is 0.722. The molecule has 0 spiro atoms. The number of ether oxygens (including phenoxy) is 1. The van der Waals surface area contributed by atoms with E-state index >= 15 is 0 Å². The Labute approximate surface area is 66.3 Å². The summed E-state index contributed by atoms with van der Waals surface area (Å²) in [5, 5.41) is 0. The second-order valence-corrected chi connectivity index (χ2v) is 4.10. The average Bonchev–Trinajstić information content (AvgIpc) is 2.16. The molecule has 0 radical (unpaired) electrons. The van der Waals surface area contributed by atoms with Crippen LogP contribution in [-0.2, 0) is 4.74 Å². The Bertz CT molecular complexity index is 72.4. The van der Waals surface area contributed by atoms with Crippen molar-refractivity contribution in [2.24, 2.45) is 0 Å². The number of epoxide rings is 1. The van der Waals surface area contributed by atoms with E-state index in [1.807, 2.05) is 0 Å². The topological polar surface area (TPSA) is 12.5 Å². The highest BCUT2D eigenvalue weighted by molar-refractivity contribution is 6.43. The van der Waals surface area contributed by atoms with Gasteiger partial charge in [0.15, 0.2) is 0 Å². The molecule has 1 aliphatic rings. The van der Waals surface area contributed by atoms with E-state index in [2.05, 4.69) is 13.8 Å². The summed E-state index contributed by atoms with van der Waals surface area (Å²) in [5.41, 5.74) is 0.250. The molecule has 56 valence electrons. The first-order chi connectivity index (χ1) is 3.94. The molecule has 3 heteroatoms. The molecule has 0 amide bonds. The van der Waals surface area contributed by atoms with Gasteiger partial charge in [0.1, 0.15) is 4.84 Å². The van der Waals surface area contributed by atoms with Crippen LogP contribution in [0.4, 0.5) is 0 Å². The lowest BCUT2D eigenvalue weighted by Gasteiger charge is -1.81. The Morgan fingerprint density at radius 2 is 1.56 bits per heavy atom. The van der Waals surface area contributed by atoms with Crippen LogP contribution in [-0.4, -0.2) is 17.0 Å². The van der Waals surface area contributed by atoms with Gasteiger partial charge in [-0.3, -0.25) is 0 Å². The monoisotopic (exact) mass is 170 g/mol. The number of hydrogen-bond donors (Lipinski definition) is 0. The summed E-state index contributed by atoms with van der Waals surface area (Å²) in [4.78, 5) is -0.222. The molecular weight excluding hydrogens is 159 g/mol. The zero-order valence-corrected chi connectivity index (χ0v) is 7.46. The van der Waals surface area contributed by atoms with Crippen LogP contribution < -0.4 is 0 Å². The molecule has 0 N–H and O–H groups in total.